The Hall–Kier alpha value is -1.92. The van der Waals surface area contributed by atoms with Crippen LogP contribution in [0.5, 0.6) is 0 Å². The average molecular weight is 321 g/mol. The summed E-state index contributed by atoms with van der Waals surface area (Å²) in [5, 5.41) is 11.4. The monoisotopic (exact) mass is 321 g/mol. The number of carbonyl (C=O) groups excluding carboxylic acids is 2. The second-order valence-electron chi connectivity index (χ2n) is 5.50. The van der Waals surface area contributed by atoms with Gasteiger partial charge in [-0.2, -0.15) is 0 Å². The topological polar surface area (TPSA) is 81.7 Å². The third-order valence-electron chi connectivity index (χ3n) is 3.54. The van der Waals surface area contributed by atoms with Gasteiger partial charge in [-0.25, -0.2) is 5.48 Å². The van der Waals surface area contributed by atoms with Crippen molar-refractivity contribution >= 4 is 17.5 Å². The molecule has 0 spiro atoms. The molecule has 1 aromatic carbocycles. The normalized spacial score (nSPS) is 10.6. The highest BCUT2D eigenvalue weighted by molar-refractivity contribution is 5.90. The number of rotatable bonds is 11. The van der Waals surface area contributed by atoms with Crippen molar-refractivity contribution in [3.63, 3.8) is 0 Å². The highest BCUT2D eigenvalue weighted by atomic mass is 16.5. The SMILES string of the molecule is CCCCN(CCCC(=O)NO)CCC(=O)Nc1ccccc1. The summed E-state index contributed by atoms with van der Waals surface area (Å²) in [6.07, 6.45) is 3.52. The zero-order valence-electron chi connectivity index (χ0n) is 13.8. The van der Waals surface area contributed by atoms with Crippen molar-refractivity contribution in [3.8, 4) is 0 Å². The van der Waals surface area contributed by atoms with Crippen LogP contribution in [0.15, 0.2) is 30.3 Å². The van der Waals surface area contributed by atoms with Gasteiger partial charge < -0.3 is 10.2 Å². The van der Waals surface area contributed by atoms with E-state index in [0.29, 0.717) is 19.4 Å². The van der Waals surface area contributed by atoms with E-state index in [1.165, 1.54) is 0 Å². The molecular formula is C17H27N3O3. The quantitative estimate of drug-likeness (QED) is 0.432. The van der Waals surface area contributed by atoms with Gasteiger partial charge in [-0.05, 0) is 38.1 Å². The van der Waals surface area contributed by atoms with Crippen LogP contribution in [0.1, 0.15) is 39.0 Å². The number of nitrogens with zero attached hydrogens (tertiary/aromatic N) is 1. The van der Waals surface area contributed by atoms with E-state index in [1.54, 1.807) is 5.48 Å². The third kappa shape index (κ3) is 8.95. The molecule has 2 amide bonds. The molecule has 128 valence electrons. The Morgan fingerprint density at radius 1 is 1.00 bits per heavy atom. The first kappa shape index (κ1) is 19.1. The number of nitrogens with one attached hydrogen (secondary N) is 2. The van der Waals surface area contributed by atoms with E-state index in [1.807, 2.05) is 30.3 Å². The zero-order valence-corrected chi connectivity index (χ0v) is 13.8. The number of hydroxylamine groups is 1. The summed E-state index contributed by atoms with van der Waals surface area (Å²) in [6.45, 7) is 4.45. The Morgan fingerprint density at radius 3 is 2.35 bits per heavy atom. The van der Waals surface area contributed by atoms with Crippen LogP contribution in [-0.2, 0) is 9.59 Å². The Morgan fingerprint density at radius 2 is 1.70 bits per heavy atom. The van der Waals surface area contributed by atoms with Crippen molar-refractivity contribution in [2.24, 2.45) is 0 Å². The number of benzene rings is 1. The fourth-order valence-electron chi connectivity index (χ4n) is 2.24. The maximum absolute atomic E-state index is 12.0. The van der Waals surface area contributed by atoms with Gasteiger partial charge >= 0.3 is 0 Å². The van der Waals surface area contributed by atoms with Gasteiger partial charge in [0.25, 0.3) is 0 Å². The first-order valence-electron chi connectivity index (χ1n) is 8.16. The lowest BCUT2D eigenvalue weighted by molar-refractivity contribution is -0.129. The molecule has 0 aromatic heterocycles. The van der Waals surface area contributed by atoms with E-state index >= 15 is 0 Å². The zero-order chi connectivity index (χ0) is 16.9. The van der Waals surface area contributed by atoms with Gasteiger partial charge in [0, 0.05) is 25.1 Å². The first-order valence-corrected chi connectivity index (χ1v) is 8.16. The third-order valence-corrected chi connectivity index (χ3v) is 3.54. The maximum Gasteiger partial charge on any atom is 0.243 e. The lowest BCUT2D eigenvalue weighted by Crippen LogP contribution is -2.31. The van der Waals surface area contributed by atoms with E-state index in [4.69, 9.17) is 5.21 Å². The number of hydrogen-bond acceptors (Lipinski definition) is 4. The average Bonchev–Trinajstić information content (AvgIpc) is 2.57. The Labute approximate surface area is 137 Å². The molecule has 0 saturated heterocycles. The first-order chi connectivity index (χ1) is 11.2. The van der Waals surface area contributed by atoms with E-state index in [0.717, 1.165) is 31.6 Å². The minimum absolute atomic E-state index is 0.00852. The van der Waals surface area contributed by atoms with Crippen molar-refractivity contribution in [2.45, 2.75) is 39.0 Å². The van der Waals surface area contributed by atoms with Crippen LogP contribution in [0.4, 0.5) is 5.69 Å². The van der Waals surface area contributed by atoms with E-state index < -0.39 is 0 Å². The van der Waals surface area contributed by atoms with Crippen LogP contribution in [-0.4, -0.2) is 41.6 Å². The summed E-state index contributed by atoms with van der Waals surface area (Å²) < 4.78 is 0. The second kappa shape index (κ2) is 11.6. The van der Waals surface area contributed by atoms with Crippen molar-refractivity contribution < 1.29 is 14.8 Å². The van der Waals surface area contributed by atoms with Crippen LogP contribution in [0, 0.1) is 0 Å². The molecule has 6 heteroatoms. The molecule has 0 atom stereocenters. The van der Waals surface area contributed by atoms with E-state index in [9.17, 15) is 9.59 Å². The minimum Gasteiger partial charge on any atom is -0.326 e. The number of hydrogen-bond donors (Lipinski definition) is 3. The molecule has 0 bridgehead atoms. The molecular weight excluding hydrogens is 294 g/mol. The summed E-state index contributed by atoms with van der Waals surface area (Å²) >= 11 is 0. The molecule has 0 saturated carbocycles. The van der Waals surface area contributed by atoms with Gasteiger partial charge in [0.1, 0.15) is 0 Å². The molecule has 0 heterocycles. The molecule has 0 aliphatic heterocycles. The van der Waals surface area contributed by atoms with Crippen LogP contribution in [0.25, 0.3) is 0 Å². The molecule has 6 nitrogen and oxygen atoms in total. The van der Waals surface area contributed by atoms with Crippen LogP contribution >= 0.6 is 0 Å². The van der Waals surface area contributed by atoms with Gasteiger partial charge in [-0.1, -0.05) is 31.5 Å². The number of carbonyl (C=O) groups is 2. The Balaban J connectivity index is 2.34. The highest BCUT2D eigenvalue weighted by Gasteiger charge is 2.09. The van der Waals surface area contributed by atoms with Crippen molar-refractivity contribution in [1.82, 2.24) is 10.4 Å². The van der Waals surface area contributed by atoms with Crippen molar-refractivity contribution in [3.05, 3.63) is 30.3 Å². The predicted molar refractivity (Wildman–Crippen MR) is 90.2 cm³/mol. The second-order valence-corrected chi connectivity index (χ2v) is 5.50. The van der Waals surface area contributed by atoms with Gasteiger partial charge in [0.2, 0.25) is 11.8 Å². The largest absolute Gasteiger partial charge is 0.326 e. The molecule has 0 aliphatic rings. The maximum atomic E-state index is 12.0. The van der Waals surface area contributed by atoms with Crippen LogP contribution in [0.3, 0.4) is 0 Å². The fourth-order valence-corrected chi connectivity index (χ4v) is 2.24. The van der Waals surface area contributed by atoms with Gasteiger partial charge in [0.05, 0.1) is 0 Å². The number of para-hydroxylation sites is 1. The Kier molecular flexibility index (Phi) is 9.66. The van der Waals surface area contributed by atoms with Crippen molar-refractivity contribution in [2.75, 3.05) is 25.0 Å². The lowest BCUT2D eigenvalue weighted by atomic mass is 10.2. The minimum atomic E-state index is -0.373. The summed E-state index contributed by atoms with van der Waals surface area (Å²) in [7, 11) is 0. The number of amides is 2. The molecule has 0 radical (unpaired) electrons. The van der Waals surface area contributed by atoms with Crippen LogP contribution < -0.4 is 10.8 Å². The molecule has 0 aliphatic carbocycles. The van der Waals surface area contributed by atoms with Gasteiger partial charge in [-0.3, -0.25) is 14.8 Å². The van der Waals surface area contributed by atoms with E-state index in [2.05, 4.69) is 17.1 Å². The summed E-state index contributed by atoms with van der Waals surface area (Å²) in [4.78, 5) is 25.2. The molecule has 0 fully saturated rings. The highest BCUT2D eigenvalue weighted by Crippen LogP contribution is 2.06. The predicted octanol–water partition coefficient (Wildman–Crippen LogP) is 2.40. The molecule has 3 N–H and O–H groups in total. The Bertz CT molecular complexity index is 465. The standard InChI is InChI=1S/C17H27N3O3/c1-2-3-12-20(13-7-10-17(22)19-23)14-11-16(21)18-15-8-5-4-6-9-15/h4-6,8-9,23H,2-3,7,10-14H2,1H3,(H,18,21)(H,19,22). The number of anilines is 1. The van der Waals surface area contributed by atoms with Gasteiger partial charge in [0.15, 0.2) is 0 Å². The summed E-state index contributed by atoms with van der Waals surface area (Å²) in [6, 6.07) is 9.40. The molecule has 23 heavy (non-hydrogen) atoms. The summed E-state index contributed by atoms with van der Waals surface area (Å²) in [5.74, 6) is -0.381. The van der Waals surface area contributed by atoms with Crippen LogP contribution in [0.2, 0.25) is 0 Å². The molecule has 0 unspecified atom stereocenters. The van der Waals surface area contributed by atoms with Crippen molar-refractivity contribution in [1.29, 1.82) is 0 Å². The smallest absolute Gasteiger partial charge is 0.243 e. The molecule has 1 rings (SSSR count). The molecule has 1 aromatic rings. The van der Waals surface area contributed by atoms with E-state index in [-0.39, 0.29) is 18.2 Å². The van der Waals surface area contributed by atoms with Gasteiger partial charge in [-0.15, -0.1) is 0 Å². The number of unbranched alkanes of at least 4 members (excludes halogenated alkanes) is 1. The lowest BCUT2D eigenvalue weighted by Gasteiger charge is -2.21. The fraction of sp³-hybridized carbons (Fsp3) is 0.529. The summed E-state index contributed by atoms with van der Waals surface area (Å²) in [5.41, 5.74) is 2.44.